The largest absolute Gasteiger partial charge is 0.398 e. The third-order valence-corrected chi connectivity index (χ3v) is 3.05. The second-order valence-electron chi connectivity index (χ2n) is 4.44. The van der Waals surface area contributed by atoms with E-state index in [0.717, 1.165) is 28.0 Å². The molecule has 3 rings (SSSR count). The van der Waals surface area contributed by atoms with Crippen molar-refractivity contribution in [1.29, 1.82) is 0 Å². The predicted octanol–water partition coefficient (Wildman–Crippen LogP) is 3.43. The summed E-state index contributed by atoms with van der Waals surface area (Å²) in [4.78, 5) is 4.61. The molecule has 0 spiro atoms. The first-order chi connectivity index (χ1) is 9.33. The quantitative estimate of drug-likeness (QED) is 0.747. The Balaban J connectivity index is 1.85. The molecule has 0 unspecified atom stereocenters. The molecule has 3 aromatic rings. The van der Waals surface area contributed by atoms with Crippen molar-refractivity contribution in [2.45, 2.75) is 6.54 Å². The standard InChI is InChI=1S/C16H15N3/c17-15-10-13(11-18-12-6-2-1-3-7-12)19-16-9-5-4-8-14(15)16/h1-10,18H,11H2,(H2,17,19). The Morgan fingerprint density at radius 3 is 2.53 bits per heavy atom. The number of rotatable bonds is 3. The van der Waals surface area contributed by atoms with E-state index in [9.17, 15) is 0 Å². The highest BCUT2D eigenvalue weighted by molar-refractivity contribution is 5.90. The van der Waals surface area contributed by atoms with Crippen molar-refractivity contribution < 1.29 is 0 Å². The number of nitrogens with zero attached hydrogens (tertiary/aromatic N) is 1. The summed E-state index contributed by atoms with van der Waals surface area (Å²) in [7, 11) is 0. The van der Waals surface area contributed by atoms with Gasteiger partial charge in [-0.1, -0.05) is 36.4 Å². The van der Waals surface area contributed by atoms with Gasteiger partial charge < -0.3 is 11.1 Å². The maximum Gasteiger partial charge on any atom is 0.0726 e. The first-order valence-electron chi connectivity index (χ1n) is 6.26. The number of hydrogen-bond acceptors (Lipinski definition) is 3. The number of hydrogen-bond donors (Lipinski definition) is 2. The van der Waals surface area contributed by atoms with Crippen LogP contribution in [-0.2, 0) is 6.54 Å². The second kappa shape index (κ2) is 4.98. The summed E-state index contributed by atoms with van der Waals surface area (Å²) in [5, 5.41) is 4.34. The highest BCUT2D eigenvalue weighted by Gasteiger charge is 2.02. The van der Waals surface area contributed by atoms with E-state index in [1.807, 2.05) is 60.7 Å². The molecule has 3 nitrogen and oxygen atoms in total. The van der Waals surface area contributed by atoms with Gasteiger partial charge >= 0.3 is 0 Å². The molecule has 2 aromatic carbocycles. The number of aromatic nitrogens is 1. The zero-order valence-electron chi connectivity index (χ0n) is 10.5. The van der Waals surface area contributed by atoms with Crippen molar-refractivity contribution in [3.63, 3.8) is 0 Å². The van der Waals surface area contributed by atoms with Crippen LogP contribution in [0, 0.1) is 0 Å². The molecule has 0 aliphatic rings. The van der Waals surface area contributed by atoms with Crippen LogP contribution in [0.25, 0.3) is 10.9 Å². The van der Waals surface area contributed by atoms with E-state index >= 15 is 0 Å². The van der Waals surface area contributed by atoms with Crippen molar-refractivity contribution >= 4 is 22.3 Å². The van der Waals surface area contributed by atoms with E-state index in [2.05, 4.69) is 10.3 Å². The van der Waals surface area contributed by atoms with Gasteiger partial charge in [-0.05, 0) is 24.3 Å². The molecule has 0 radical (unpaired) electrons. The fraction of sp³-hybridized carbons (Fsp3) is 0.0625. The fourth-order valence-corrected chi connectivity index (χ4v) is 2.10. The SMILES string of the molecule is Nc1cc(CNc2ccccc2)nc2ccccc12. The van der Waals surface area contributed by atoms with Crippen LogP contribution < -0.4 is 11.1 Å². The Kier molecular flexibility index (Phi) is 3.02. The molecule has 0 saturated carbocycles. The lowest BCUT2D eigenvalue weighted by Crippen LogP contribution is -2.03. The van der Waals surface area contributed by atoms with Crippen LogP contribution in [0.1, 0.15) is 5.69 Å². The summed E-state index contributed by atoms with van der Waals surface area (Å²) in [6.07, 6.45) is 0. The average Bonchev–Trinajstić information content (AvgIpc) is 2.46. The maximum absolute atomic E-state index is 6.06. The Bertz CT molecular complexity index is 693. The van der Waals surface area contributed by atoms with E-state index in [0.29, 0.717) is 6.54 Å². The summed E-state index contributed by atoms with van der Waals surface area (Å²) >= 11 is 0. The van der Waals surface area contributed by atoms with Crippen LogP contribution in [0.4, 0.5) is 11.4 Å². The number of nitrogens with two attached hydrogens (primary N) is 1. The molecule has 19 heavy (non-hydrogen) atoms. The van der Waals surface area contributed by atoms with Crippen molar-refractivity contribution in [3.8, 4) is 0 Å². The number of nitrogens with one attached hydrogen (secondary N) is 1. The highest BCUT2D eigenvalue weighted by atomic mass is 14.9. The Hall–Kier alpha value is -2.55. The second-order valence-corrected chi connectivity index (χ2v) is 4.44. The van der Waals surface area contributed by atoms with Gasteiger partial charge in [-0.3, -0.25) is 4.98 Å². The zero-order valence-corrected chi connectivity index (χ0v) is 10.5. The number of para-hydroxylation sites is 2. The van der Waals surface area contributed by atoms with Crippen molar-refractivity contribution in [3.05, 3.63) is 66.4 Å². The maximum atomic E-state index is 6.06. The molecule has 0 aliphatic carbocycles. The zero-order chi connectivity index (χ0) is 13.1. The summed E-state index contributed by atoms with van der Waals surface area (Å²) in [5.74, 6) is 0. The van der Waals surface area contributed by atoms with Gasteiger partial charge in [0.1, 0.15) is 0 Å². The van der Waals surface area contributed by atoms with E-state index in [1.165, 1.54) is 0 Å². The van der Waals surface area contributed by atoms with Crippen LogP contribution >= 0.6 is 0 Å². The first-order valence-corrected chi connectivity index (χ1v) is 6.26. The van der Waals surface area contributed by atoms with Gasteiger partial charge in [-0.25, -0.2) is 0 Å². The molecule has 0 atom stereocenters. The number of nitrogen functional groups attached to an aromatic ring is 1. The molecule has 0 saturated heterocycles. The predicted molar refractivity (Wildman–Crippen MR) is 79.9 cm³/mol. The van der Waals surface area contributed by atoms with Crippen molar-refractivity contribution in [2.24, 2.45) is 0 Å². The smallest absolute Gasteiger partial charge is 0.0726 e. The highest BCUT2D eigenvalue weighted by Crippen LogP contribution is 2.20. The van der Waals surface area contributed by atoms with Gasteiger partial charge in [-0.2, -0.15) is 0 Å². The summed E-state index contributed by atoms with van der Waals surface area (Å²) in [6, 6.07) is 19.9. The Morgan fingerprint density at radius 1 is 0.947 bits per heavy atom. The third-order valence-electron chi connectivity index (χ3n) is 3.05. The van der Waals surface area contributed by atoms with Gasteiger partial charge in [-0.15, -0.1) is 0 Å². The minimum absolute atomic E-state index is 0.666. The first kappa shape index (κ1) is 11.5. The summed E-state index contributed by atoms with van der Waals surface area (Å²) in [6.45, 7) is 0.666. The van der Waals surface area contributed by atoms with E-state index < -0.39 is 0 Å². The molecular weight excluding hydrogens is 234 g/mol. The van der Waals surface area contributed by atoms with Crippen LogP contribution in [0.2, 0.25) is 0 Å². The van der Waals surface area contributed by atoms with E-state index in [-0.39, 0.29) is 0 Å². The molecule has 0 aliphatic heterocycles. The molecule has 3 heteroatoms. The molecule has 0 amide bonds. The van der Waals surface area contributed by atoms with E-state index in [1.54, 1.807) is 0 Å². The minimum atomic E-state index is 0.666. The topological polar surface area (TPSA) is 50.9 Å². The van der Waals surface area contributed by atoms with Crippen molar-refractivity contribution in [2.75, 3.05) is 11.1 Å². The molecule has 0 fully saturated rings. The van der Waals surface area contributed by atoms with Crippen LogP contribution in [-0.4, -0.2) is 4.98 Å². The minimum Gasteiger partial charge on any atom is -0.398 e. The van der Waals surface area contributed by atoms with Crippen molar-refractivity contribution in [1.82, 2.24) is 4.98 Å². The molecular formula is C16H15N3. The molecule has 1 heterocycles. The lowest BCUT2D eigenvalue weighted by molar-refractivity contribution is 1.07. The molecule has 94 valence electrons. The monoisotopic (exact) mass is 249 g/mol. The van der Waals surface area contributed by atoms with Gasteiger partial charge in [0.25, 0.3) is 0 Å². The lowest BCUT2D eigenvalue weighted by atomic mass is 10.1. The lowest BCUT2D eigenvalue weighted by Gasteiger charge is -2.08. The number of fused-ring (bicyclic) bond motifs is 1. The summed E-state index contributed by atoms with van der Waals surface area (Å²) < 4.78 is 0. The van der Waals surface area contributed by atoms with Gasteiger partial charge in [0.15, 0.2) is 0 Å². The summed E-state index contributed by atoms with van der Waals surface area (Å²) in [5.41, 5.74) is 9.79. The number of anilines is 2. The molecule has 0 bridgehead atoms. The van der Waals surface area contributed by atoms with Crippen LogP contribution in [0.15, 0.2) is 60.7 Å². The van der Waals surface area contributed by atoms with Gasteiger partial charge in [0.05, 0.1) is 17.8 Å². The average molecular weight is 249 g/mol. The fourth-order valence-electron chi connectivity index (χ4n) is 2.10. The Labute approximate surface area is 112 Å². The van der Waals surface area contributed by atoms with Crippen LogP contribution in [0.5, 0.6) is 0 Å². The van der Waals surface area contributed by atoms with Gasteiger partial charge in [0, 0.05) is 16.8 Å². The number of pyridine rings is 1. The Morgan fingerprint density at radius 2 is 1.68 bits per heavy atom. The number of benzene rings is 2. The van der Waals surface area contributed by atoms with E-state index in [4.69, 9.17) is 5.73 Å². The van der Waals surface area contributed by atoms with Gasteiger partial charge in [0.2, 0.25) is 0 Å². The molecule has 3 N–H and O–H groups in total. The molecule has 1 aromatic heterocycles. The third kappa shape index (κ3) is 2.50. The van der Waals surface area contributed by atoms with Crippen LogP contribution in [0.3, 0.4) is 0 Å². The normalized spacial score (nSPS) is 10.5.